The first-order valence-electron chi connectivity index (χ1n) is 25.9. The van der Waals surface area contributed by atoms with E-state index >= 15 is 0 Å². The number of hydrogen-bond acceptors (Lipinski definition) is 6. The lowest BCUT2D eigenvalue weighted by Crippen LogP contribution is -2.30. The van der Waals surface area contributed by atoms with Crippen LogP contribution in [-0.4, -0.2) is 37.2 Å². The predicted octanol–water partition coefficient (Wildman–Crippen LogP) is 17.1. The molecule has 0 aliphatic rings. The van der Waals surface area contributed by atoms with Gasteiger partial charge in [0.1, 0.15) is 13.2 Å². The molecule has 6 heteroatoms. The molecular weight excluding hydrogens is 793 g/mol. The van der Waals surface area contributed by atoms with E-state index in [9.17, 15) is 14.4 Å². The monoisotopic (exact) mass is 887 g/mol. The van der Waals surface area contributed by atoms with E-state index in [1.165, 1.54) is 77.0 Å². The number of carbonyl (C=O) groups excluding carboxylic acids is 3. The lowest BCUT2D eigenvalue weighted by molar-refractivity contribution is -0.166. The average Bonchev–Trinajstić information content (AvgIpc) is 3.29. The number of carbonyl (C=O) groups is 3. The number of esters is 3. The third kappa shape index (κ3) is 49.1. The van der Waals surface area contributed by atoms with E-state index in [2.05, 4.69) is 124 Å². The highest BCUT2D eigenvalue weighted by molar-refractivity contribution is 5.71. The van der Waals surface area contributed by atoms with Gasteiger partial charge in [-0.3, -0.25) is 14.4 Å². The van der Waals surface area contributed by atoms with Crippen molar-refractivity contribution in [1.82, 2.24) is 0 Å². The Morgan fingerprint density at radius 2 is 0.656 bits per heavy atom. The van der Waals surface area contributed by atoms with Crippen LogP contribution >= 0.6 is 0 Å². The minimum absolute atomic E-state index is 0.131. The van der Waals surface area contributed by atoms with Crippen molar-refractivity contribution in [3.05, 3.63) is 109 Å². The summed E-state index contributed by atoms with van der Waals surface area (Å²) in [5.74, 6) is -1.07. The Bertz CT molecular complexity index is 1340. The molecule has 362 valence electrons. The molecule has 0 N–H and O–H groups in total. The highest BCUT2D eigenvalue weighted by atomic mass is 16.6. The average molecular weight is 887 g/mol. The van der Waals surface area contributed by atoms with Crippen molar-refractivity contribution in [3.8, 4) is 0 Å². The van der Waals surface area contributed by atoms with Crippen molar-refractivity contribution >= 4 is 17.9 Å². The zero-order chi connectivity index (χ0) is 46.5. The molecule has 64 heavy (non-hydrogen) atoms. The van der Waals surface area contributed by atoms with Crippen LogP contribution in [0.3, 0.4) is 0 Å². The van der Waals surface area contributed by atoms with E-state index in [0.717, 1.165) is 89.9 Å². The molecule has 0 aromatic heterocycles. The van der Waals surface area contributed by atoms with Gasteiger partial charge in [0.25, 0.3) is 0 Å². The zero-order valence-electron chi connectivity index (χ0n) is 41.3. The number of ether oxygens (including phenoxy) is 3. The van der Waals surface area contributed by atoms with E-state index in [4.69, 9.17) is 14.2 Å². The zero-order valence-corrected chi connectivity index (χ0v) is 41.3. The summed E-state index contributed by atoms with van der Waals surface area (Å²) in [6.07, 6.45) is 69.4. The van der Waals surface area contributed by atoms with Crippen molar-refractivity contribution in [3.63, 3.8) is 0 Å². The van der Waals surface area contributed by atoms with Crippen molar-refractivity contribution < 1.29 is 28.6 Å². The highest BCUT2D eigenvalue weighted by Crippen LogP contribution is 2.12. The van der Waals surface area contributed by atoms with Gasteiger partial charge in [-0.05, 0) is 109 Å². The Hall–Kier alpha value is -3.93. The number of allylic oxidation sites excluding steroid dienone is 18. The smallest absolute Gasteiger partial charge is 0.306 e. The van der Waals surface area contributed by atoms with Gasteiger partial charge in [0, 0.05) is 19.3 Å². The summed E-state index contributed by atoms with van der Waals surface area (Å²) in [4.78, 5) is 37.9. The van der Waals surface area contributed by atoms with Gasteiger partial charge in [-0.2, -0.15) is 0 Å². The summed E-state index contributed by atoms with van der Waals surface area (Å²) in [6, 6.07) is 0. The summed E-state index contributed by atoms with van der Waals surface area (Å²) >= 11 is 0. The number of unbranched alkanes of at least 4 members (excludes halogenated alkanes) is 16. The second kappa shape index (κ2) is 51.7. The third-order valence-electron chi connectivity index (χ3n) is 10.5. The molecule has 0 bridgehead atoms. The van der Waals surface area contributed by atoms with Crippen LogP contribution in [0.1, 0.15) is 220 Å². The molecule has 0 fully saturated rings. The van der Waals surface area contributed by atoms with Gasteiger partial charge in [-0.1, -0.05) is 201 Å². The molecule has 0 radical (unpaired) electrons. The molecule has 0 rings (SSSR count). The first-order valence-corrected chi connectivity index (χ1v) is 25.9. The largest absolute Gasteiger partial charge is 0.462 e. The molecule has 0 aromatic carbocycles. The first kappa shape index (κ1) is 60.1. The number of hydrogen-bond donors (Lipinski definition) is 0. The summed E-state index contributed by atoms with van der Waals surface area (Å²) in [5, 5.41) is 0. The standard InChI is InChI=1S/C58H94O6/c1-4-7-10-13-16-19-22-25-27-29-31-33-36-39-42-45-48-51-57(60)63-54-55(53-62-56(59)50-47-44-41-38-35-32-24-21-18-15-12-9-6-3)64-58(61)52-49-46-43-40-37-34-30-28-26-23-20-17-14-11-8-5-2/h8,11,16-17,19-20,25-28,31-33,35,39,41-42,44,55H,4-7,9-10,12-15,18,21-24,29-30,34,36-38,40,43,45-54H2,1-3H3/b11-8+,19-16+,20-17+,27-25+,28-26+,33-31+,35-32+,42-39+,44-41+. The second-order valence-corrected chi connectivity index (χ2v) is 16.7. The van der Waals surface area contributed by atoms with Crippen molar-refractivity contribution in [2.24, 2.45) is 0 Å². The SMILES string of the molecule is CC/C=C/C/C=C/C/C=C/CCCCCCCCC(=O)OC(COC(=O)CC/C=C/C/C=C/CCCCCCCC)COC(=O)CCC/C=C/C/C=C/C/C=C/C/C=C/CCCCC. The van der Waals surface area contributed by atoms with E-state index in [1.54, 1.807) is 0 Å². The molecule has 0 spiro atoms. The van der Waals surface area contributed by atoms with Crippen molar-refractivity contribution in [2.45, 2.75) is 226 Å². The van der Waals surface area contributed by atoms with Crippen LogP contribution in [0, 0.1) is 0 Å². The topological polar surface area (TPSA) is 78.9 Å². The summed E-state index contributed by atoms with van der Waals surface area (Å²) < 4.78 is 16.7. The van der Waals surface area contributed by atoms with Crippen LogP contribution in [0.25, 0.3) is 0 Å². The lowest BCUT2D eigenvalue weighted by atomic mass is 10.1. The molecular formula is C58H94O6. The second-order valence-electron chi connectivity index (χ2n) is 16.7. The molecule has 0 amide bonds. The fourth-order valence-electron chi connectivity index (χ4n) is 6.62. The molecule has 0 saturated carbocycles. The summed E-state index contributed by atoms with van der Waals surface area (Å²) in [6.45, 7) is 6.36. The summed E-state index contributed by atoms with van der Waals surface area (Å²) in [7, 11) is 0. The molecule has 0 aromatic rings. The maximum Gasteiger partial charge on any atom is 0.306 e. The van der Waals surface area contributed by atoms with Gasteiger partial charge < -0.3 is 14.2 Å². The Balaban J connectivity index is 4.57. The van der Waals surface area contributed by atoms with Crippen LogP contribution in [0.5, 0.6) is 0 Å². The van der Waals surface area contributed by atoms with Gasteiger partial charge in [0.15, 0.2) is 6.10 Å². The van der Waals surface area contributed by atoms with E-state index in [1.807, 2.05) is 6.08 Å². The van der Waals surface area contributed by atoms with Gasteiger partial charge in [0.05, 0.1) is 0 Å². The van der Waals surface area contributed by atoms with Gasteiger partial charge in [0.2, 0.25) is 0 Å². The van der Waals surface area contributed by atoms with Crippen LogP contribution in [0.15, 0.2) is 109 Å². The molecule has 0 aliphatic carbocycles. The molecule has 0 aliphatic heterocycles. The van der Waals surface area contributed by atoms with Crippen LogP contribution in [0.4, 0.5) is 0 Å². The normalized spacial score (nSPS) is 13.0. The molecule has 1 unspecified atom stereocenters. The Kier molecular flexibility index (Phi) is 48.5. The third-order valence-corrected chi connectivity index (χ3v) is 10.5. The highest BCUT2D eigenvalue weighted by Gasteiger charge is 2.19. The number of rotatable bonds is 45. The minimum Gasteiger partial charge on any atom is -0.462 e. The quantitative estimate of drug-likeness (QED) is 0.0262. The molecule has 0 saturated heterocycles. The molecule has 0 heterocycles. The fourth-order valence-corrected chi connectivity index (χ4v) is 6.62. The Morgan fingerprint density at radius 1 is 0.328 bits per heavy atom. The van der Waals surface area contributed by atoms with Gasteiger partial charge in [-0.25, -0.2) is 0 Å². The Labute approximate surface area is 393 Å². The van der Waals surface area contributed by atoms with E-state index < -0.39 is 6.10 Å². The predicted molar refractivity (Wildman–Crippen MR) is 274 cm³/mol. The Morgan fingerprint density at radius 3 is 1.12 bits per heavy atom. The first-order chi connectivity index (χ1) is 31.5. The molecule has 1 atom stereocenters. The van der Waals surface area contributed by atoms with E-state index in [0.29, 0.717) is 12.8 Å². The summed E-state index contributed by atoms with van der Waals surface area (Å²) in [5.41, 5.74) is 0. The molecule has 6 nitrogen and oxygen atoms in total. The lowest BCUT2D eigenvalue weighted by Gasteiger charge is -2.18. The van der Waals surface area contributed by atoms with Crippen molar-refractivity contribution in [1.29, 1.82) is 0 Å². The van der Waals surface area contributed by atoms with Gasteiger partial charge >= 0.3 is 17.9 Å². The van der Waals surface area contributed by atoms with Crippen LogP contribution in [-0.2, 0) is 28.6 Å². The van der Waals surface area contributed by atoms with Gasteiger partial charge in [-0.15, -0.1) is 0 Å². The minimum atomic E-state index is -0.831. The maximum absolute atomic E-state index is 12.8. The fraction of sp³-hybridized carbons (Fsp3) is 0.638. The van der Waals surface area contributed by atoms with E-state index in [-0.39, 0.29) is 50.4 Å². The van der Waals surface area contributed by atoms with Crippen LogP contribution < -0.4 is 0 Å². The van der Waals surface area contributed by atoms with Crippen LogP contribution in [0.2, 0.25) is 0 Å². The van der Waals surface area contributed by atoms with Crippen molar-refractivity contribution in [2.75, 3.05) is 13.2 Å². The maximum atomic E-state index is 12.8.